The fourth-order valence-electron chi connectivity index (χ4n) is 2.80. The number of alkyl halides is 3. The minimum Gasteiger partial charge on any atom is -0.439 e. The van der Waals surface area contributed by atoms with E-state index in [1.165, 1.54) is 0 Å². The number of fused-ring (bicyclic) bond motifs is 1. The number of amides is 1. The van der Waals surface area contributed by atoms with E-state index in [9.17, 15) is 23.1 Å². The highest BCUT2D eigenvalue weighted by molar-refractivity contribution is 5.95. The molecule has 2 N–H and O–H groups in total. The number of hydrogen-bond acceptors (Lipinski definition) is 5. The number of nitrogens with zero attached hydrogens (tertiary/aromatic N) is 2. The molecule has 1 aromatic carbocycles. The van der Waals surface area contributed by atoms with Gasteiger partial charge in [0.1, 0.15) is 11.4 Å². The fourth-order valence-corrected chi connectivity index (χ4v) is 2.80. The number of aliphatic hydroxyl groups excluding tert-OH is 1. The summed E-state index contributed by atoms with van der Waals surface area (Å²) in [4.78, 5) is 20.3. The summed E-state index contributed by atoms with van der Waals surface area (Å²) >= 11 is 0. The molecule has 9 heteroatoms. The van der Waals surface area contributed by atoms with Crippen LogP contribution < -0.4 is 10.1 Å². The van der Waals surface area contributed by atoms with Gasteiger partial charge in [-0.3, -0.25) is 4.79 Å². The summed E-state index contributed by atoms with van der Waals surface area (Å²) in [6.45, 7) is -0.106. The molecule has 29 heavy (non-hydrogen) atoms. The van der Waals surface area contributed by atoms with Gasteiger partial charge < -0.3 is 15.2 Å². The Morgan fingerprint density at radius 2 is 1.97 bits per heavy atom. The molecule has 1 aliphatic carbocycles. The molecule has 6 nitrogen and oxygen atoms in total. The Morgan fingerprint density at radius 1 is 1.17 bits per heavy atom. The van der Waals surface area contributed by atoms with Crippen molar-refractivity contribution in [2.45, 2.75) is 24.6 Å². The molecule has 1 aliphatic rings. The second-order valence-electron chi connectivity index (χ2n) is 6.93. The van der Waals surface area contributed by atoms with Gasteiger partial charge in [-0.15, -0.1) is 0 Å². The Balaban J connectivity index is 1.50. The second kappa shape index (κ2) is 7.00. The summed E-state index contributed by atoms with van der Waals surface area (Å²) in [6.07, 6.45) is -2.27. The van der Waals surface area contributed by atoms with E-state index in [0.717, 1.165) is 25.0 Å². The van der Waals surface area contributed by atoms with Crippen LogP contribution in [0.4, 0.5) is 13.2 Å². The van der Waals surface area contributed by atoms with E-state index < -0.39 is 17.3 Å². The zero-order valence-corrected chi connectivity index (χ0v) is 15.0. The summed E-state index contributed by atoms with van der Waals surface area (Å²) in [6, 6.07) is 10.2. The van der Waals surface area contributed by atoms with Crippen LogP contribution >= 0.6 is 0 Å². The SMILES string of the molecule is O=C(NC1(CO)CC1)c1ccc2cc(Oc3ccc(C(F)(F)F)cn3)ccc2n1. The molecule has 2 heterocycles. The number of benzene rings is 1. The lowest BCUT2D eigenvalue weighted by Crippen LogP contribution is -2.39. The normalized spacial score (nSPS) is 15.2. The van der Waals surface area contributed by atoms with Gasteiger partial charge in [-0.1, -0.05) is 6.07 Å². The topological polar surface area (TPSA) is 84.3 Å². The Bertz CT molecular complexity index is 1060. The van der Waals surface area contributed by atoms with Crippen LogP contribution in [-0.4, -0.2) is 33.1 Å². The first kappa shape index (κ1) is 19.1. The molecule has 150 valence electrons. The highest BCUT2D eigenvalue weighted by Gasteiger charge is 2.43. The third-order valence-corrected chi connectivity index (χ3v) is 4.71. The van der Waals surface area contributed by atoms with Gasteiger partial charge >= 0.3 is 6.18 Å². The van der Waals surface area contributed by atoms with Crippen molar-refractivity contribution in [3.8, 4) is 11.6 Å². The van der Waals surface area contributed by atoms with Crippen molar-refractivity contribution < 1.29 is 27.8 Å². The molecular weight excluding hydrogens is 387 g/mol. The average Bonchev–Trinajstić information content (AvgIpc) is 3.47. The number of carbonyl (C=O) groups is 1. The lowest BCUT2D eigenvalue weighted by Gasteiger charge is -2.14. The third kappa shape index (κ3) is 4.14. The van der Waals surface area contributed by atoms with E-state index in [4.69, 9.17) is 4.74 Å². The first-order chi connectivity index (χ1) is 13.8. The van der Waals surface area contributed by atoms with Gasteiger partial charge in [0.05, 0.1) is 23.2 Å². The van der Waals surface area contributed by atoms with Gasteiger partial charge in [-0.25, -0.2) is 9.97 Å². The predicted molar refractivity (Wildman–Crippen MR) is 97.6 cm³/mol. The highest BCUT2D eigenvalue weighted by atomic mass is 19.4. The van der Waals surface area contributed by atoms with Crippen LogP contribution in [0.25, 0.3) is 10.9 Å². The summed E-state index contributed by atoms with van der Waals surface area (Å²) in [5.74, 6) is 0.0498. The summed E-state index contributed by atoms with van der Waals surface area (Å²) in [5.41, 5.74) is -0.595. The molecule has 1 amide bonds. The molecule has 4 rings (SSSR count). The van der Waals surface area contributed by atoms with Crippen LogP contribution in [0.1, 0.15) is 28.9 Å². The summed E-state index contributed by atoms with van der Waals surface area (Å²) < 4.78 is 43.3. The molecule has 0 bridgehead atoms. The zero-order chi connectivity index (χ0) is 20.6. The molecule has 2 aromatic heterocycles. The van der Waals surface area contributed by atoms with Gasteiger partial charge in [-0.05, 0) is 43.2 Å². The number of hydrogen-bond donors (Lipinski definition) is 2. The van der Waals surface area contributed by atoms with Crippen molar-refractivity contribution in [1.82, 2.24) is 15.3 Å². The van der Waals surface area contributed by atoms with Crippen molar-refractivity contribution in [3.05, 3.63) is 59.9 Å². The minimum atomic E-state index is -4.46. The first-order valence-electron chi connectivity index (χ1n) is 8.83. The number of carbonyl (C=O) groups excluding carboxylic acids is 1. The lowest BCUT2D eigenvalue weighted by molar-refractivity contribution is -0.137. The maximum Gasteiger partial charge on any atom is 0.417 e. The maximum absolute atomic E-state index is 12.6. The van der Waals surface area contributed by atoms with Crippen LogP contribution in [-0.2, 0) is 6.18 Å². The van der Waals surface area contributed by atoms with Crippen molar-refractivity contribution >= 4 is 16.8 Å². The summed E-state index contributed by atoms with van der Waals surface area (Å²) in [7, 11) is 0. The quantitative estimate of drug-likeness (QED) is 0.679. The Labute approximate surface area is 163 Å². The van der Waals surface area contributed by atoms with Crippen LogP contribution in [0.15, 0.2) is 48.7 Å². The number of halogens is 3. The van der Waals surface area contributed by atoms with Gasteiger partial charge in [0.2, 0.25) is 5.88 Å². The third-order valence-electron chi connectivity index (χ3n) is 4.71. The van der Waals surface area contributed by atoms with E-state index in [-0.39, 0.29) is 24.1 Å². The van der Waals surface area contributed by atoms with E-state index in [2.05, 4.69) is 15.3 Å². The molecule has 0 spiro atoms. The Hall–Kier alpha value is -3.20. The Kier molecular flexibility index (Phi) is 4.62. The number of pyridine rings is 2. The van der Waals surface area contributed by atoms with E-state index in [1.54, 1.807) is 30.3 Å². The predicted octanol–water partition coefficient (Wildman–Crippen LogP) is 3.70. The maximum atomic E-state index is 12.6. The molecule has 1 fully saturated rings. The molecular formula is C20H16F3N3O3. The van der Waals surface area contributed by atoms with Gasteiger partial charge in [0.15, 0.2) is 0 Å². The van der Waals surface area contributed by atoms with Gasteiger partial charge in [0.25, 0.3) is 5.91 Å². The summed E-state index contributed by atoms with van der Waals surface area (Å²) in [5, 5.41) is 12.8. The van der Waals surface area contributed by atoms with Gasteiger partial charge in [0, 0.05) is 17.6 Å². The molecule has 0 saturated heterocycles. The van der Waals surface area contributed by atoms with Crippen molar-refractivity contribution in [3.63, 3.8) is 0 Å². The number of aromatic nitrogens is 2. The largest absolute Gasteiger partial charge is 0.439 e. The highest BCUT2D eigenvalue weighted by Crippen LogP contribution is 2.35. The number of ether oxygens (including phenoxy) is 1. The molecule has 1 saturated carbocycles. The lowest BCUT2D eigenvalue weighted by atomic mass is 10.2. The fraction of sp³-hybridized carbons (Fsp3) is 0.250. The molecule has 0 unspecified atom stereocenters. The van der Waals surface area contributed by atoms with Crippen LogP contribution in [0, 0.1) is 0 Å². The number of nitrogens with one attached hydrogen (secondary N) is 1. The monoisotopic (exact) mass is 403 g/mol. The second-order valence-corrected chi connectivity index (χ2v) is 6.93. The van der Waals surface area contributed by atoms with Crippen molar-refractivity contribution in [1.29, 1.82) is 0 Å². The minimum absolute atomic E-state index is 0.0278. The first-order valence-corrected chi connectivity index (χ1v) is 8.83. The smallest absolute Gasteiger partial charge is 0.417 e. The number of rotatable bonds is 5. The van der Waals surface area contributed by atoms with E-state index >= 15 is 0 Å². The van der Waals surface area contributed by atoms with E-state index in [0.29, 0.717) is 22.8 Å². The van der Waals surface area contributed by atoms with E-state index in [1.807, 2.05) is 0 Å². The van der Waals surface area contributed by atoms with Crippen LogP contribution in [0.3, 0.4) is 0 Å². The van der Waals surface area contributed by atoms with Crippen molar-refractivity contribution in [2.24, 2.45) is 0 Å². The molecule has 0 radical (unpaired) electrons. The molecule has 0 atom stereocenters. The van der Waals surface area contributed by atoms with Crippen LogP contribution in [0.2, 0.25) is 0 Å². The zero-order valence-electron chi connectivity index (χ0n) is 15.0. The standard InChI is InChI=1S/C20H16F3N3O3/c21-20(22,23)13-2-6-17(24-10-13)29-14-3-5-15-12(9-14)1-4-16(25-15)18(28)26-19(11-27)7-8-19/h1-6,9-10,27H,7-8,11H2,(H,26,28). The number of aliphatic hydroxyl groups is 1. The van der Waals surface area contributed by atoms with Gasteiger partial charge in [-0.2, -0.15) is 13.2 Å². The van der Waals surface area contributed by atoms with Crippen LogP contribution in [0.5, 0.6) is 11.6 Å². The molecule has 0 aliphatic heterocycles. The average molecular weight is 403 g/mol. The molecule has 3 aromatic rings. The van der Waals surface area contributed by atoms with Crippen molar-refractivity contribution in [2.75, 3.05) is 6.61 Å². The Morgan fingerprint density at radius 3 is 2.59 bits per heavy atom.